The highest BCUT2D eigenvalue weighted by atomic mass is 19.1. The molecule has 32 heavy (non-hydrogen) atoms. The summed E-state index contributed by atoms with van der Waals surface area (Å²) >= 11 is 0. The molecule has 1 saturated heterocycles. The number of piperidine rings is 1. The van der Waals surface area contributed by atoms with E-state index >= 15 is 0 Å². The first-order chi connectivity index (χ1) is 15.6. The summed E-state index contributed by atoms with van der Waals surface area (Å²) in [7, 11) is 0. The lowest BCUT2D eigenvalue weighted by atomic mass is 9.99. The Labute approximate surface area is 184 Å². The summed E-state index contributed by atoms with van der Waals surface area (Å²) in [5, 5.41) is 17.3. The van der Waals surface area contributed by atoms with E-state index in [1.807, 2.05) is 6.92 Å². The number of carbonyl (C=O) groups excluding carboxylic acids is 1. The van der Waals surface area contributed by atoms with Crippen LogP contribution in [0.3, 0.4) is 0 Å². The van der Waals surface area contributed by atoms with Gasteiger partial charge in [-0.3, -0.25) is 4.79 Å². The van der Waals surface area contributed by atoms with Crippen molar-refractivity contribution in [2.24, 2.45) is 0 Å². The summed E-state index contributed by atoms with van der Waals surface area (Å²) < 4.78 is 23.6. The van der Waals surface area contributed by atoms with Crippen LogP contribution >= 0.6 is 0 Å². The van der Waals surface area contributed by atoms with Crippen LogP contribution in [0.15, 0.2) is 48.9 Å². The van der Waals surface area contributed by atoms with Crippen LogP contribution in [0, 0.1) is 11.3 Å². The van der Waals surface area contributed by atoms with E-state index in [1.165, 1.54) is 29.5 Å². The minimum atomic E-state index is -0.984. The Morgan fingerprint density at radius 2 is 2.03 bits per heavy atom. The number of hydrogen-bond acceptors (Lipinski definition) is 7. The summed E-state index contributed by atoms with van der Waals surface area (Å²) in [6.45, 7) is 1.35. The highest BCUT2D eigenvalue weighted by Crippen LogP contribution is 2.27. The molecule has 9 nitrogen and oxygen atoms in total. The zero-order valence-corrected chi connectivity index (χ0v) is 17.4. The van der Waals surface area contributed by atoms with E-state index in [9.17, 15) is 9.18 Å². The summed E-state index contributed by atoms with van der Waals surface area (Å²) in [4.78, 5) is 20.7. The van der Waals surface area contributed by atoms with Gasteiger partial charge in [-0.2, -0.15) is 20.3 Å². The average Bonchev–Trinajstić information content (AvgIpc) is 3.35. The van der Waals surface area contributed by atoms with Crippen LogP contribution in [0.1, 0.15) is 35.7 Å². The Morgan fingerprint density at radius 3 is 2.78 bits per heavy atom. The van der Waals surface area contributed by atoms with Gasteiger partial charge < -0.3 is 14.4 Å². The smallest absolute Gasteiger partial charge is 0.256 e. The predicted molar refractivity (Wildman–Crippen MR) is 111 cm³/mol. The molecule has 0 spiro atoms. The predicted octanol–water partition coefficient (Wildman–Crippen LogP) is 2.91. The van der Waals surface area contributed by atoms with E-state index in [0.29, 0.717) is 29.2 Å². The van der Waals surface area contributed by atoms with Crippen molar-refractivity contribution in [1.82, 2.24) is 24.9 Å². The molecule has 0 N–H and O–H groups in total. The maximum Gasteiger partial charge on any atom is 0.256 e. The Kier molecular flexibility index (Phi) is 6.26. The largest absolute Gasteiger partial charge is 0.472 e. The molecule has 0 unspecified atom stereocenters. The molecular formula is C22H21FN6O3. The van der Waals surface area contributed by atoms with Crippen LogP contribution in [0.25, 0.3) is 5.69 Å². The quantitative estimate of drug-likeness (QED) is 0.585. The van der Waals surface area contributed by atoms with Gasteiger partial charge in [0.25, 0.3) is 5.91 Å². The number of carbonyl (C=O) groups is 1. The number of hydrogen-bond donors (Lipinski definition) is 0. The van der Waals surface area contributed by atoms with Crippen LogP contribution in [0.5, 0.6) is 11.6 Å². The second-order valence-electron chi connectivity index (χ2n) is 7.37. The topological polar surface area (TPSA) is 106 Å². The van der Waals surface area contributed by atoms with Crippen molar-refractivity contribution in [3.63, 3.8) is 0 Å². The molecule has 0 bridgehead atoms. The number of alkyl halides is 1. The molecule has 1 fully saturated rings. The molecule has 2 atom stereocenters. The summed E-state index contributed by atoms with van der Waals surface area (Å²) in [6.07, 6.45) is 5.73. The number of halogens is 1. The minimum absolute atomic E-state index is 0.0130. The molecule has 4 rings (SSSR count). The molecule has 3 heterocycles. The Hall–Kier alpha value is -4.00. The second kappa shape index (κ2) is 9.43. The van der Waals surface area contributed by atoms with Crippen molar-refractivity contribution < 1.29 is 18.7 Å². The molecule has 164 valence electrons. The summed E-state index contributed by atoms with van der Waals surface area (Å²) in [5.74, 6) is 0.404. The molecule has 2 aromatic heterocycles. The first kappa shape index (κ1) is 21.2. The van der Waals surface area contributed by atoms with Crippen LogP contribution in [0.2, 0.25) is 0 Å². The van der Waals surface area contributed by atoms with Gasteiger partial charge in [0.2, 0.25) is 12.7 Å². The van der Waals surface area contributed by atoms with Gasteiger partial charge in [0.05, 0.1) is 36.1 Å². The van der Waals surface area contributed by atoms with Gasteiger partial charge in [0.1, 0.15) is 17.5 Å². The third-order valence-electron chi connectivity index (χ3n) is 5.31. The fourth-order valence-corrected chi connectivity index (χ4v) is 3.67. The highest BCUT2D eigenvalue weighted by molar-refractivity contribution is 5.98. The van der Waals surface area contributed by atoms with Crippen LogP contribution in [-0.4, -0.2) is 56.3 Å². The van der Waals surface area contributed by atoms with Crippen molar-refractivity contribution in [2.75, 3.05) is 13.4 Å². The molecular weight excluding hydrogens is 415 g/mol. The van der Waals surface area contributed by atoms with Crippen LogP contribution in [0.4, 0.5) is 4.39 Å². The zero-order chi connectivity index (χ0) is 22.5. The highest BCUT2D eigenvalue weighted by Gasteiger charge is 2.32. The number of aromatic nitrogens is 4. The van der Waals surface area contributed by atoms with E-state index in [1.54, 1.807) is 29.2 Å². The lowest BCUT2D eigenvalue weighted by Gasteiger charge is -2.38. The Bertz CT molecular complexity index is 1130. The fraction of sp³-hybridized carbons (Fsp3) is 0.318. The molecule has 1 amide bonds. The van der Waals surface area contributed by atoms with Gasteiger partial charge >= 0.3 is 0 Å². The molecule has 0 radical (unpaired) electrons. The van der Waals surface area contributed by atoms with E-state index < -0.39 is 6.86 Å². The molecule has 0 aliphatic carbocycles. The Balaban J connectivity index is 1.58. The van der Waals surface area contributed by atoms with E-state index in [-0.39, 0.29) is 23.8 Å². The SMILES string of the molecule is C[C@@H]1CC[C@@H](Oc2cc(C#N)ccn2)CN1C(=O)c1ccc(OCF)cc1-n1nccn1. The first-order valence-electron chi connectivity index (χ1n) is 10.1. The number of nitrogens with zero attached hydrogens (tertiary/aromatic N) is 6. The van der Waals surface area contributed by atoms with Crippen molar-refractivity contribution >= 4 is 5.91 Å². The monoisotopic (exact) mass is 436 g/mol. The van der Waals surface area contributed by atoms with Crippen LogP contribution < -0.4 is 9.47 Å². The number of benzene rings is 1. The molecule has 1 aliphatic heterocycles. The summed E-state index contributed by atoms with van der Waals surface area (Å²) in [5.41, 5.74) is 1.22. The van der Waals surface area contributed by atoms with Crippen molar-refractivity contribution in [3.8, 4) is 23.4 Å². The van der Waals surface area contributed by atoms with Crippen molar-refractivity contribution in [1.29, 1.82) is 5.26 Å². The molecule has 1 aromatic carbocycles. The Morgan fingerprint density at radius 1 is 1.22 bits per heavy atom. The standard InChI is InChI=1S/C22H21FN6O3/c1-15-2-3-18(32-21-10-16(12-24)6-7-25-21)13-28(15)22(30)19-5-4-17(31-14-23)11-20(19)29-26-8-9-27-29/h4-11,15,18H,2-3,13-14H2,1H3/t15-,18-/m1/s1. The van der Waals surface area contributed by atoms with Gasteiger partial charge in [0, 0.05) is 24.4 Å². The number of amides is 1. The van der Waals surface area contributed by atoms with Gasteiger partial charge in [-0.15, -0.1) is 0 Å². The average molecular weight is 436 g/mol. The molecule has 0 saturated carbocycles. The van der Waals surface area contributed by atoms with E-state index in [2.05, 4.69) is 21.3 Å². The minimum Gasteiger partial charge on any atom is -0.472 e. The van der Waals surface area contributed by atoms with Gasteiger partial charge in [-0.05, 0) is 38.0 Å². The number of likely N-dealkylation sites (tertiary alicyclic amines) is 1. The normalized spacial score (nSPS) is 18.1. The fourth-order valence-electron chi connectivity index (χ4n) is 3.67. The molecule has 1 aliphatic rings. The molecule has 3 aromatic rings. The van der Waals surface area contributed by atoms with E-state index in [0.717, 1.165) is 12.8 Å². The van der Waals surface area contributed by atoms with E-state index in [4.69, 9.17) is 14.7 Å². The lowest BCUT2D eigenvalue weighted by Crippen LogP contribution is -2.49. The van der Waals surface area contributed by atoms with Crippen molar-refractivity contribution in [2.45, 2.75) is 31.9 Å². The lowest BCUT2D eigenvalue weighted by molar-refractivity contribution is 0.0372. The maximum absolute atomic E-state index is 13.5. The van der Waals surface area contributed by atoms with Gasteiger partial charge in [0.15, 0.2) is 0 Å². The third-order valence-corrected chi connectivity index (χ3v) is 5.31. The number of ether oxygens (including phenoxy) is 2. The van der Waals surface area contributed by atoms with Crippen molar-refractivity contribution in [3.05, 3.63) is 60.0 Å². The second-order valence-corrected chi connectivity index (χ2v) is 7.37. The third kappa shape index (κ3) is 4.51. The number of rotatable bonds is 6. The van der Waals surface area contributed by atoms with Crippen LogP contribution in [-0.2, 0) is 0 Å². The zero-order valence-electron chi connectivity index (χ0n) is 17.4. The summed E-state index contributed by atoms with van der Waals surface area (Å²) in [6, 6.07) is 9.89. The maximum atomic E-state index is 13.5. The number of pyridine rings is 1. The number of nitriles is 1. The first-order valence-corrected chi connectivity index (χ1v) is 10.1. The molecule has 10 heteroatoms. The van der Waals surface area contributed by atoms with Gasteiger partial charge in [-0.1, -0.05) is 0 Å². The van der Waals surface area contributed by atoms with Gasteiger partial charge in [-0.25, -0.2) is 9.37 Å².